The summed E-state index contributed by atoms with van der Waals surface area (Å²) >= 11 is 6.47. The van der Waals surface area contributed by atoms with Gasteiger partial charge >= 0.3 is 0 Å². The number of nitrogen functional groups attached to an aromatic ring is 1. The molecule has 0 saturated heterocycles. The highest BCUT2D eigenvalue weighted by Crippen LogP contribution is 2.37. The quantitative estimate of drug-likeness (QED) is 0.583. The molecule has 78 valence electrons. The van der Waals surface area contributed by atoms with E-state index >= 15 is 0 Å². The van der Waals surface area contributed by atoms with Gasteiger partial charge in [-0.05, 0) is 37.9 Å². The van der Waals surface area contributed by atoms with Crippen molar-refractivity contribution in [3.05, 3.63) is 26.1 Å². The van der Waals surface area contributed by atoms with Crippen molar-refractivity contribution in [1.29, 1.82) is 0 Å². The van der Waals surface area contributed by atoms with Gasteiger partial charge in [0.25, 0.3) is 11.8 Å². The Labute approximate surface area is 103 Å². The van der Waals surface area contributed by atoms with Gasteiger partial charge in [0.1, 0.15) is 0 Å². The Morgan fingerprint density at radius 1 is 1.13 bits per heavy atom. The zero-order valence-corrected chi connectivity index (χ0v) is 10.8. The molecule has 2 N–H and O–H groups in total. The zero-order chi connectivity index (χ0) is 11.3. The number of halogens is 2. The van der Waals surface area contributed by atoms with Gasteiger partial charge in [0, 0.05) is 16.0 Å². The zero-order valence-electron chi connectivity index (χ0n) is 7.67. The molecule has 4 nitrogen and oxygen atoms in total. The largest absolute Gasteiger partial charge is 0.397 e. The smallest absolute Gasteiger partial charge is 0.263 e. The molecule has 0 radical (unpaired) electrons. The molecule has 0 fully saturated rings. The number of hydrogen-bond acceptors (Lipinski definition) is 3. The number of amides is 2. The average Bonchev–Trinajstić information content (AvgIpc) is 2.40. The molecule has 6 heteroatoms. The van der Waals surface area contributed by atoms with Crippen molar-refractivity contribution in [1.82, 2.24) is 4.90 Å². The first-order valence-corrected chi connectivity index (χ1v) is 5.63. The molecule has 1 heterocycles. The maximum Gasteiger partial charge on any atom is 0.263 e. The lowest BCUT2D eigenvalue weighted by Crippen LogP contribution is -2.24. The Balaban J connectivity index is 2.85. The summed E-state index contributed by atoms with van der Waals surface area (Å²) in [6.07, 6.45) is 0. The molecule has 2 rings (SSSR count). The third-order valence-electron chi connectivity index (χ3n) is 2.31. The molecule has 1 aliphatic rings. The number of nitrogens with two attached hydrogens (primary N) is 1. The molecule has 0 aromatic heterocycles. The third-order valence-corrected chi connectivity index (χ3v) is 3.59. The lowest BCUT2D eigenvalue weighted by molar-refractivity contribution is 0.0693. The van der Waals surface area contributed by atoms with Gasteiger partial charge in [0.05, 0.1) is 16.8 Å². The number of anilines is 1. The third kappa shape index (κ3) is 1.32. The number of nitrogens with zero attached hydrogens (tertiary/aromatic N) is 1. The van der Waals surface area contributed by atoms with Crippen LogP contribution in [-0.4, -0.2) is 23.8 Å². The van der Waals surface area contributed by atoms with Crippen LogP contribution in [0.3, 0.4) is 0 Å². The van der Waals surface area contributed by atoms with Crippen molar-refractivity contribution < 1.29 is 9.59 Å². The molecule has 0 aliphatic carbocycles. The Bertz CT molecular complexity index is 499. The number of carbonyl (C=O) groups is 2. The summed E-state index contributed by atoms with van der Waals surface area (Å²) in [6, 6.07) is 1.67. The van der Waals surface area contributed by atoms with Crippen molar-refractivity contribution in [3.63, 3.8) is 0 Å². The van der Waals surface area contributed by atoms with Crippen LogP contribution >= 0.6 is 31.9 Å². The fourth-order valence-corrected chi connectivity index (χ4v) is 2.82. The van der Waals surface area contributed by atoms with Crippen LogP contribution in [0.1, 0.15) is 20.7 Å². The van der Waals surface area contributed by atoms with Crippen molar-refractivity contribution >= 4 is 49.4 Å². The second kappa shape index (κ2) is 3.31. The number of benzene rings is 1. The van der Waals surface area contributed by atoms with Crippen molar-refractivity contribution in [2.24, 2.45) is 0 Å². The van der Waals surface area contributed by atoms with Crippen LogP contribution < -0.4 is 5.73 Å². The highest BCUT2D eigenvalue weighted by Gasteiger charge is 2.37. The maximum atomic E-state index is 11.7. The van der Waals surface area contributed by atoms with E-state index in [2.05, 4.69) is 31.9 Å². The lowest BCUT2D eigenvalue weighted by atomic mass is 10.1. The summed E-state index contributed by atoms with van der Waals surface area (Å²) in [5.74, 6) is -0.699. The second-order valence-electron chi connectivity index (χ2n) is 3.17. The minimum atomic E-state index is -0.366. The van der Waals surface area contributed by atoms with Crippen LogP contribution in [0, 0.1) is 0 Å². The van der Waals surface area contributed by atoms with Gasteiger partial charge in [-0.3, -0.25) is 14.5 Å². The SMILES string of the molecule is CN1C(=O)c2c(Br)cc(Br)c(N)c2C1=O. The van der Waals surface area contributed by atoms with E-state index in [1.807, 2.05) is 0 Å². The van der Waals surface area contributed by atoms with E-state index in [1.54, 1.807) is 6.07 Å². The molecular weight excluding hydrogens is 328 g/mol. The summed E-state index contributed by atoms with van der Waals surface area (Å²) in [6.45, 7) is 0. The fraction of sp³-hybridized carbons (Fsp3) is 0.111. The van der Waals surface area contributed by atoms with Gasteiger partial charge in [-0.1, -0.05) is 0 Å². The maximum absolute atomic E-state index is 11.7. The van der Waals surface area contributed by atoms with E-state index in [4.69, 9.17) is 5.73 Å². The van der Waals surface area contributed by atoms with Crippen LogP contribution in [0.15, 0.2) is 15.0 Å². The van der Waals surface area contributed by atoms with Crippen molar-refractivity contribution in [3.8, 4) is 0 Å². The molecule has 2 amide bonds. The second-order valence-corrected chi connectivity index (χ2v) is 4.88. The lowest BCUT2D eigenvalue weighted by Gasteiger charge is -2.04. The summed E-state index contributed by atoms with van der Waals surface area (Å²) in [4.78, 5) is 24.5. The van der Waals surface area contributed by atoms with Gasteiger partial charge in [-0.25, -0.2) is 0 Å². The molecule has 0 atom stereocenters. The fourth-order valence-electron chi connectivity index (χ4n) is 1.49. The van der Waals surface area contributed by atoms with E-state index in [9.17, 15) is 9.59 Å². The number of hydrogen-bond donors (Lipinski definition) is 1. The Kier molecular flexibility index (Phi) is 2.35. The van der Waals surface area contributed by atoms with Crippen molar-refractivity contribution in [2.75, 3.05) is 12.8 Å². The van der Waals surface area contributed by atoms with Gasteiger partial charge in [-0.2, -0.15) is 0 Å². The predicted octanol–water partition coefficient (Wildman–Crippen LogP) is 2.02. The number of fused-ring (bicyclic) bond motifs is 1. The van der Waals surface area contributed by atoms with E-state index < -0.39 is 0 Å². The summed E-state index contributed by atoms with van der Waals surface area (Å²) in [7, 11) is 1.43. The Hall–Kier alpha value is -0.880. The van der Waals surface area contributed by atoms with Crippen LogP contribution in [0.4, 0.5) is 5.69 Å². The van der Waals surface area contributed by atoms with Gasteiger partial charge in [-0.15, -0.1) is 0 Å². The number of rotatable bonds is 0. The Morgan fingerprint density at radius 2 is 1.67 bits per heavy atom. The first kappa shape index (κ1) is 10.6. The predicted molar refractivity (Wildman–Crippen MR) is 62.7 cm³/mol. The molecule has 0 bridgehead atoms. The molecule has 0 saturated carbocycles. The van der Waals surface area contributed by atoms with Crippen molar-refractivity contribution in [2.45, 2.75) is 0 Å². The van der Waals surface area contributed by atoms with Crippen LogP contribution in [0.25, 0.3) is 0 Å². The van der Waals surface area contributed by atoms with E-state index in [0.29, 0.717) is 20.2 Å². The normalized spacial score (nSPS) is 14.7. The van der Waals surface area contributed by atoms with E-state index in [-0.39, 0.29) is 17.4 Å². The molecule has 1 aromatic rings. The van der Waals surface area contributed by atoms with Gasteiger partial charge in [0.2, 0.25) is 0 Å². The van der Waals surface area contributed by atoms with Crippen LogP contribution in [-0.2, 0) is 0 Å². The van der Waals surface area contributed by atoms with E-state index in [0.717, 1.165) is 4.90 Å². The van der Waals surface area contributed by atoms with Crippen LogP contribution in [0.5, 0.6) is 0 Å². The molecule has 1 aromatic carbocycles. The first-order valence-electron chi connectivity index (χ1n) is 4.05. The molecular formula is C9H6Br2N2O2. The summed E-state index contributed by atoms with van der Waals surface area (Å²) < 4.78 is 1.17. The minimum Gasteiger partial charge on any atom is -0.397 e. The highest BCUT2D eigenvalue weighted by atomic mass is 79.9. The standard InChI is InChI=1S/C9H6Br2N2O2/c1-13-8(14)5-3(10)2-4(11)7(12)6(5)9(13)15/h2H,12H2,1H3. The average molecular weight is 334 g/mol. The first-order chi connectivity index (χ1) is 6.95. The number of carbonyl (C=O) groups excluding carboxylic acids is 2. The monoisotopic (exact) mass is 332 g/mol. The summed E-state index contributed by atoms with van der Waals surface area (Å²) in [5, 5.41) is 0. The van der Waals surface area contributed by atoms with Crippen LogP contribution in [0.2, 0.25) is 0 Å². The molecule has 1 aliphatic heterocycles. The molecule has 0 unspecified atom stereocenters. The van der Waals surface area contributed by atoms with Gasteiger partial charge in [0.15, 0.2) is 0 Å². The molecule has 0 spiro atoms. The highest BCUT2D eigenvalue weighted by molar-refractivity contribution is 9.11. The summed E-state index contributed by atoms with van der Waals surface area (Å²) in [5.41, 5.74) is 6.66. The Morgan fingerprint density at radius 3 is 2.27 bits per heavy atom. The van der Waals surface area contributed by atoms with E-state index in [1.165, 1.54) is 7.05 Å². The number of imide groups is 1. The topological polar surface area (TPSA) is 63.4 Å². The minimum absolute atomic E-state index is 0.267. The van der Waals surface area contributed by atoms with Gasteiger partial charge < -0.3 is 5.73 Å². The molecule has 15 heavy (non-hydrogen) atoms.